The Kier molecular flexibility index (Phi) is 19.1. The molecule has 0 heterocycles. The SMILES string of the molecule is COC(=O)C(C)SC1CC(C)(C)C(/C=C/C(C)=C/C=C/C(C)=C/C=C/C=C(C)/C=C/C=C(C)/C=C/C2=C(C)C(=O)C(SC(C)C(=O)OC)CC2(C)C)=C(C)C1=O. The third kappa shape index (κ3) is 14.6. The molecule has 6 nitrogen and oxygen atoms in total. The zero-order chi connectivity index (χ0) is 42.4. The summed E-state index contributed by atoms with van der Waals surface area (Å²) in [5.74, 6) is -0.441. The number of allylic oxidation sites excluding steroid dienone is 22. The van der Waals surface area contributed by atoms with Crippen molar-refractivity contribution in [3.05, 3.63) is 130 Å². The van der Waals surface area contributed by atoms with Gasteiger partial charge in [0.2, 0.25) is 0 Å². The molecule has 0 saturated heterocycles. The topological polar surface area (TPSA) is 86.7 Å². The van der Waals surface area contributed by atoms with Crippen LogP contribution in [0.3, 0.4) is 0 Å². The molecule has 0 radical (unpaired) electrons. The fourth-order valence-corrected chi connectivity index (χ4v) is 9.75. The molecular weight excluding hydrogens is 737 g/mol. The number of rotatable bonds is 16. The van der Waals surface area contributed by atoms with Crippen LogP contribution in [0, 0.1) is 10.8 Å². The average Bonchev–Trinajstić information content (AvgIpc) is 3.13. The predicted molar refractivity (Wildman–Crippen MR) is 239 cm³/mol. The van der Waals surface area contributed by atoms with Gasteiger partial charge < -0.3 is 9.47 Å². The Bertz CT molecular complexity index is 1700. The number of Topliss-reactive ketones (excluding diaryl/α,β-unsaturated/α-hetero) is 2. The van der Waals surface area contributed by atoms with Gasteiger partial charge in [0, 0.05) is 0 Å². The molecule has 8 heteroatoms. The van der Waals surface area contributed by atoms with E-state index in [1.165, 1.54) is 37.7 Å². The zero-order valence-corrected chi connectivity index (χ0v) is 37.7. The quantitative estimate of drug-likeness (QED) is 0.113. The van der Waals surface area contributed by atoms with Gasteiger partial charge in [-0.15, -0.1) is 23.5 Å². The van der Waals surface area contributed by atoms with Gasteiger partial charge in [-0.2, -0.15) is 0 Å². The van der Waals surface area contributed by atoms with Crippen molar-refractivity contribution < 1.29 is 28.7 Å². The van der Waals surface area contributed by atoms with Gasteiger partial charge in [0.05, 0.1) is 24.7 Å². The lowest BCUT2D eigenvalue weighted by molar-refractivity contribution is -0.140. The van der Waals surface area contributed by atoms with Crippen LogP contribution in [0.4, 0.5) is 0 Å². The molecule has 2 aliphatic rings. The van der Waals surface area contributed by atoms with E-state index < -0.39 is 0 Å². The van der Waals surface area contributed by atoms with Gasteiger partial charge in [-0.1, -0.05) is 135 Å². The molecule has 4 unspecified atom stereocenters. The fraction of sp³-hybridized carbons (Fsp3) is 0.458. The van der Waals surface area contributed by atoms with Crippen molar-refractivity contribution in [2.75, 3.05) is 14.2 Å². The Morgan fingerprint density at radius 2 is 0.893 bits per heavy atom. The number of carbonyl (C=O) groups excluding carboxylic acids is 4. The molecule has 0 aromatic carbocycles. The van der Waals surface area contributed by atoms with E-state index >= 15 is 0 Å². The van der Waals surface area contributed by atoms with Crippen LogP contribution < -0.4 is 0 Å². The van der Waals surface area contributed by atoms with Gasteiger partial charge in [-0.3, -0.25) is 19.2 Å². The van der Waals surface area contributed by atoms with Crippen LogP contribution in [0.15, 0.2) is 130 Å². The number of hydrogen-bond donors (Lipinski definition) is 0. The van der Waals surface area contributed by atoms with Gasteiger partial charge in [0.25, 0.3) is 0 Å². The molecule has 0 aliphatic heterocycles. The van der Waals surface area contributed by atoms with Crippen molar-refractivity contribution in [2.24, 2.45) is 10.8 Å². The van der Waals surface area contributed by atoms with Gasteiger partial charge in [-0.25, -0.2) is 0 Å². The summed E-state index contributed by atoms with van der Waals surface area (Å²) in [4.78, 5) is 50.3. The summed E-state index contributed by atoms with van der Waals surface area (Å²) in [6.45, 7) is 24.2. The van der Waals surface area contributed by atoms with E-state index in [4.69, 9.17) is 9.47 Å². The van der Waals surface area contributed by atoms with E-state index in [9.17, 15) is 19.2 Å². The third-order valence-corrected chi connectivity index (χ3v) is 12.7. The van der Waals surface area contributed by atoms with Crippen molar-refractivity contribution in [2.45, 2.75) is 117 Å². The summed E-state index contributed by atoms with van der Waals surface area (Å²) in [6.07, 6.45) is 30.0. The van der Waals surface area contributed by atoms with E-state index in [-0.39, 0.29) is 55.3 Å². The Balaban J connectivity index is 1.99. The highest BCUT2D eigenvalue weighted by Crippen LogP contribution is 2.45. The van der Waals surface area contributed by atoms with Crippen LogP contribution in [0.1, 0.15) is 95.9 Å². The minimum absolute atomic E-state index is 0.0871. The van der Waals surface area contributed by atoms with Gasteiger partial charge in [0.1, 0.15) is 10.5 Å². The summed E-state index contributed by atoms with van der Waals surface area (Å²) < 4.78 is 9.71. The molecule has 0 amide bonds. The summed E-state index contributed by atoms with van der Waals surface area (Å²) in [5, 5.41) is -1.30. The number of ketones is 2. The third-order valence-electron chi connectivity index (χ3n) is 10.1. The molecule has 0 bridgehead atoms. The van der Waals surface area contributed by atoms with Crippen molar-refractivity contribution in [1.82, 2.24) is 0 Å². The lowest BCUT2D eigenvalue weighted by Gasteiger charge is -2.37. The highest BCUT2D eigenvalue weighted by Gasteiger charge is 2.40. The Morgan fingerprint density at radius 1 is 0.589 bits per heavy atom. The predicted octanol–water partition coefficient (Wildman–Crippen LogP) is 11.5. The second-order valence-corrected chi connectivity index (χ2v) is 19.1. The number of ether oxygens (including phenoxy) is 2. The highest BCUT2D eigenvalue weighted by atomic mass is 32.2. The molecule has 4 atom stereocenters. The molecule has 56 heavy (non-hydrogen) atoms. The van der Waals surface area contributed by atoms with Crippen LogP contribution in [-0.2, 0) is 28.7 Å². The van der Waals surface area contributed by atoms with Crippen molar-refractivity contribution in [3.63, 3.8) is 0 Å². The lowest BCUT2D eigenvalue weighted by atomic mass is 9.72. The summed E-state index contributed by atoms with van der Waals surface area (Å²) in [7, 11) is 2.75. The standard InChI is InChI=1S/C48H64O6S2/c1-31(21-17-23-33(3)25-27-39-35(5)43(49)41(29-47(39,9)10)55-37(7)45(51)53-13)19-15-16-20-32(2)22-18-24-34(4)26-28-40-36(6)44(50)42(30-48(40,11)12)56-38(8)46(52)54-14/h15-28,37-38,41-42H,29-30H2,1-14H3/b16-15+,21-17+,22-18+,27-25+,28-26+,31-19+,32-20+,33-23+,34-24+. The van der Waals surface area contributed by atoms with E-state index in [0.29, 0.717) is 12.8 Å². The van der Waals surface area contributed by atoms with Crippen LogP contribution in [0.2, 0.25) is 0 Å². The first-order valence-electron chi connectivity index (χ1n) is 19.2. The Labute approximate surface area is 345 Å². The second kappa shape index (κ2) is 22.2. The maximum absolute atomic E-state index is 13.2. The van der Waals surface area contributed by atoms with Crippen molar-refractivity contribution in [1.29, 1.82) is 0 Å². The number of hydrogen-bond acceptors (Lipinski definition) is 8. The molecular formula is C48H64O6S2. The van der Waals surface area contributed by atoms with Gasteiger partial charge in [-0.05, 0) is 101 Å². The van der Waals surface area contributed by atoms with Gasteiger partial charge >= 0.3 is 11.9 Å². The minimum atomic E-state index is -0.388. The first-order chi connectivity index (χ1) is 26.1. The van der Waals surface area contributed by atoms with Crippen LogP contribution in [0.25, 0.3) is 0 Å². The highest BCUT2D eigenvalue weighted by molar-refractivity contribution is 8.02. The maximum atomic E-state index is 13.2. The van der Waals surface area contributed by atoms with Gasteiger partial charge in [0.15, 0.2) is 11.6 Å². The summed E-state index contributed by atoms with van der Waals surface area (Å²) in [5.41, 5.74) is 7.55. The minimum Gasteiger partial charge on any atom is -0.468 e. The number of carbonyl (C=O) groups is 4. The van der Waals surface area contributed by atoms with E-state index in [0.717, 1.165) is 44.6 Å². The first-order valence-corrected chi connectivity index (χ1v) is 21.1. The zero-order valence-electron chi connectivity index (χ0n) is 36.1. The van der Waals surface area contributed by atoms with Crippen LogP contribution in [0.5, 0.6) is 0 Å². The molecule has 0 aromatic heterocycles. The molecule has 304 valence electrons. The Morgan fingerprint density at radius 3 is 1.21 bits per heavy atom. The molecule has 0 N–H and O–H groups in total. The number of thioether (sulfide) groups is 2. The fourth-order valence-electron chi connectivity index (χ4n) is 6.72. The monoisotopic (exact) mass is 800 g/mol. The smallest absolute Gasteiger partial charge is 0.318 e. The molecule has 0 spiro atoms. The van der Waals surface area contributed by atoms with E-state index in [2.05, 4.69) is 102 Å². The largest absolute Gasteiger partial charge is 0.468 e. The molecule has 0 saturated carbocycles. The van der Waals surface area contributed by atoms with E-state index in [1.54, 1.807) is 13.8 Å². The second-order valence-electron chi connectivity index (χ2n) is 16.0. The van der Waals surface area contributed by atoms with E-state index in [1.807, 2.05) is 52.0 Å². The summed E-state index contributed by atoms with van der Waals surface area (Å²) >= 11 is 2.77. The van der Waals surface area contributed by atoms with Crippen LogP contribution >= 0.6 is 23.5 Å². The summed E-state index contributed by atoms with van der Waals surface area (Å²) in [6, 6.07) is 0. The molecule has 2 aliphatic carbocycles. The van der Waals surface area contributed by atoms with Crippen molar-refractivity contribution in [3.8, 4) is 0 Å². The Hall–Kier alpha value is -3.88. The number of methoxy groups -OCH3 is 2. The lowest BCUT2D eigenvalue weighted by Crippen LogP contribution is -2.36. The average molecular weight is 801 g/mol. The molecule has 2 rings (SSSR count). The molecule has 0 aromatic rings. The van der Waals surface area contributed by atoms with Crippen LogP contribution in [-0.4, -0.2) is 58.7 Å². The first kappa shape index (κ1) is 48.3. The maximum Gasteiger partial charge on any atom is 0.318 e. The normalized spacial score (nSPS) is 22.8. The number of esters is 2. The van der Waals surface area contributed by atoms with Crippen molar-refractivity contribution >= 4 is 47.0 Å². The molecule has 0 fully saturated rings.